The summed E-state index contributed by atoms with van der Waals surface area (Å²) in [6.07, 6.45) is 2.39. The molecule has 1 rings (SSSR count). The average molecular weight is 201 g/mol. The summed E-state index contributed by atoms with van der Waals surface area (Å²) in [5, 5.41) is 4.00. The first kappa shape index (κ1) is 11.1. The molecule has 0 amide bonds. The molecule has 1 saturated heterocycles. The molecule has 0 aromatic carbocycles. The van der Waals surface area contributed by atoms with Crippen LogP contribution >= 0.6 is 11.8 Å². The van der Waals surface area contributed by atoms with Gasteiger partial charge in [0, 0.05) is 5.25 Å². The van der Waals surface area contributed by atoms with E-state index in [0.717, 1.165) is 13.1 Å². The van der Waals surface area contributed by atoms with Crippen LogP contribution in [0.3, 0.4) is 0 Å². The second-order valence-electron chi connectivity index (χ2n) is 4.13. The summed E-state index contributed by atoms with van der Waals surface area (Å²) >= 11 is 1.84. The van der Waals surface area contributed by atoms with Crippen LogP contribution in [0, 0.1) is 0 Å². The maximum Gasteiger partial charge on any atom is 0.145 e. The Bertz CT molecular complexity index is 185. The number of carbonyl (C=O) groups is 1. The molecular formula is C10H19NOS. The SMILES string of the molecule is CC(=O)C(C)(C)SC1CCNCC1. The predicted octanol–water partition coefficient (Wildman–Crippen LogP) is 1.84. The number of Topliss-reactive ketones (excluding diaryl/α,β-unsaturated/α-hetero) is 1. The van der Waals surface area contributed by atoms with Gasteiger partial charge in [0.2, 0.25) is 0 Å². The summed E-state index contributed by atoms with van der Waals surface area (Å²) in [6, 6.07) is 0. The van der Waals surface area contributed by atoms with E-state index in [2.05, 4.69) is 5.32 Å². The molecule has 13 heavy (non-hydrogen) atoms. The topological polar surface area (TPSA) is 29.1 Å². The Hall–Kier alpha value is -0.0200. The van der Waals surface area contributed by atoms with Gasteiger partial charge >= 0.3 is 0 Å². The Morgan fingerprint density at radius 2 is 1.92 bits per heavy atom. The lowest BCUT2D eigenvalue weighted by atomic mass is 10.1. The van der Waals surface area contributed by atoms with Crippen molar-refractivity contribution >= 4 is 17.5 Å². The Morgan fingerprint density at radius 1 is 1.38 bits per heavy atom. The van der Waals surface area contributed by atoms with Gasteiger partial charge in [-0.15, -0.1) is 11.8 Å². The van der Waals surface area contributed by atoms with Crippen molar-refractivity contribution in [2.45, 2.75) is 43.6 Å². The van der Waals surface area contributed by atoms with Crippen LogP contribution in [0.5, 0.6) is 0 Å². The highest BCUT2D eigenvalue weighted by atomic mass is 32.2. The molecular weight excluding hydrogens is 182 g/mol. The molecule has 0 unspecified atom stereocenters. The molecule has 3 heteroatoms. The molecule has 1 fully saturated rings. The van der Waals surface area contributed by atoms with Crippen molar-refractivity contribution in [1.29, 1.82) is 0 Å². The summed E-state index contributed by atoms with van der Waals surface area (Å²) in [6.45, 7) is 7.95. The standard InChI is InChI=1S/C10H19NOS/c1-8(12)10(2,3)13-9-4-6-11-7-5-9/h9,11H,4-7H2,1-3H3. The minimum absolute atomic E-state index is 0.192. The molecule has 0 aliphatic carbocycles. The highest BCUT2D eigenvalue weighted by Gasteiger charge is 2.28. The number of rotatable bonds is 3. The second-order valence-corrected chi connectivity index (χ2v) is 6.06. The number of thioether (sulfide) groups is 1. The Balaban J connectivity index is 2.41. The first-order valence-corrected chi connectivity index (χ1v) is 5.80. The van der Waals surface area contributed by atoms with Gasteiger partial charge in [0.1, 0.15) is 5.78 Å². The molecule has 0 atom stereocenters. The lowest BCUT2D eigenvalue weighted by Gasteiger charge is -2.29. The van der Waals surface area contributed by atoms with Crippen LogP contribution in [0.25, 0.3) is 0 Å². The summed E-state index contributed by atoms with van der Waals surface area (Å²) in [5.74, 6) is 0.288. The van der Waals surface area contributed by atoms with Crippen LogP contribution in [-0.2, 0) is 4.79 Å². The molecule has 1 heterocycles. The molecule has 0 spiro atoms. The third-order valence-electron chi connectivity index (χ3n) is 2.60. The zero-order valence-corrected chi connectivity index (χ0v) is 9.54. The van der Waals surface area contributed by atoms with Crippen molar-refractivity contribution in [3.05, 3.63) is 0 Å². The van der Waals surface area contributed by atoms with Gasteiger partial charge in [-0.3, -0.25) is 4.79 Å². The highest BCUT2D eigenvalue weighted by Crippen LogP contribution is 2.33. The number of hydrogen-bond donors (Lipinski definition) is 1. The van der Waals surface area contributed by atoms with Crippen molar-refractivity contribution in [3.8, 4) is 0 Å². The largest absolute Gasteiger partial charge is 0.317 e. The van der Waals surface area contributed by atoms with Crippen molar-refractivity contribution in [2.75, 3.05) is 13.1 Å². The van der Waals surface area contributed by atoms with Crippen LogP contribution in [0.1, 0.15) is 33.6 Å². The zero-order valence-electron chi connectivity index (χ0n) is 8.72. The molecule has 2 nitrogen and oxygen atoms in total. The number of nitrogens with one attached hydrogen (secondary N) is 1. The van der Waals surface area contributed by atoms with E-state index in [1.165, 1.54) is 12.8 Å². The molecule has 0 saturated carbocycles. The molecule has 0 radical (unpaired) electrons. The Morgan fingerprint density at radius 3 is 2.38 bits per heavy atom. The molecule has 0 aromatic heterocycles. The fourth-order valence-electron chi connectivity index (χ4n) is 1.41. The van der Waals surface area contributed by atoms with Crippen molar-refractivity contribution < 1.29 is 4.79 Å². The Kier molecular flexibility index (Phi) is 3.80. The van der Waals surface area contributed by atoms with Gasteiger partial charge in [-0.05, 0) is 46.7 Å². The monoisotopic (exact) mass is 201 g/mol. The number of ketones is 1. The van der Waals surface area contributed by atoms with E-state index < -0.39 is 0 Å². The fraction of sp³-hybridized carbons (Fsp3) is 0.900. The lowest BCUT2D eigenvalue weighted by Crippen LogP contribution is -2.34. The van der Waals surface area contributed by atoms with E-state index in [-0.39, 0.29) is 10.5 Å². The zero-order chi connectivity index (χ0) is 9.90. The fourth-order valence-corrected chi connectivity index (χ4v) is 2.88. The molecule has 0 bridgehead atoms. The maximum atomic E-state index is 11.3. The van der Waals surface area contributed by atoms with Crippen molar-refractivity contribution in [1.82, 2.24) is 5.32 Å². The third kappa shape index (κ3) is 3.31. The van der Waals surface area contributed by atoms with Crippen molar-refractivity contribution in [3.63, 3.8) is 0 Å². The van der Waals surface area contributed by atoms with E-state index in [0.29, 0.717) is 5.25 Å². The lowest BCUT2D eigenvalue weighted by molar-refractivity contribution is -0.118. The maximum absolute atomic E-state index is 11.3. The summed E-state index contributed by atoms with van der Waals surface area (Å²) in [7, 11) is 0. The van der Waals surface area contributed by atoms with E-state index in [1.807, 2.05) is 25.6 Å². The van der Waals surface area contributed by atoms with Gasteiger partial charge in [-0.25, -0.2) is 0 Å². The smallest absolute Gasteiger partial charge is 0.145 e. The summed E-state index contributed by atoms with van der Waals surface area (Å²) in [5.41, 5.74) is 0. The van der Waals surface area contributed by atoms with Gasteiger partial charge in [0.25, 0.3) is 0 Å². The second kappa shape index (κ2) is 4.47. The molecule has 1 aliphatic rings. The minimum Gasteiger partial charge on any atom is -0.317 e. The van der Waals surface area contributed by atoms with Crippen LogP contribution in [-0.4, -0.2) is 28.9 Å². The van der Waals surface area contributed by atoms with Crippen molar-refractivity contribution in [2.24, 2.45) is 0 Å². The predicted molar refractivity (Wildman–Crippen MR) is 58.2 cm³/mol. The third-order valence-corrected chi connectivity index (χ3v) is 4.28. The number of piperidine rings is 1. The molecule has 1 N–H and O–H groups in total. The van der Waals surface area contributed by atoms with Gasteiger partial charge in [0.15, 0.2) is 0 Å². The van der Waals surface area contributed by atoms with E-state index in [9.17, 15) is 4.79 Å². The normalized spacial score (nSPS) is 20.2. The average Bonchev–Trinajstić information content (AvgIpc) is 2.05. The van der Waals surface area contributed by atoms with Crippen LogP contribution < -0.4 is 5.32 Å². The van der Waals surface area contributed by atoms with Crippen LogP contribution in [0.2, 0.25) is 0 Å². The van der Waals surface area contributed by atoms with Gasteiger partial charge < -0.3 is 5.32 Å². The molecule has 0 aromatic rings. The quantitative estimate of drug-likeness (QED) is 0.755. The molecule has 1 aliphatic heterocycles. The summed E-state index contributed by atoms with van der Waals surface area (Å²) < 4.78 is -0.192. The van der Waals surface area contributed by atoms with Crippen LogP contribution in [0.4, 0.5) is 0 Å². The number of hydrogen-bond acceptors (Lipinski definition) is 3. The Labute approximate surface area is 84.9 Å². The minimum atomic E-state index is -0.192. The van der Waals surface area contributed by atoms with Gasteiger partial charge in [-0.1, -0.05) is 0 Å². The van der Waals surface area contributed by atoms with Gasteiger partial charge in [-0.2, -0.15) is 0 Å². The van der Waals surface area contributed by atoms with E-state index in [1.54, 1.807) is 6.92 Å². The first-order chi connectivity index (χ1) is 6.02. The molecule has 76 valence electrons. The van der Waals surface area contributed by atoms with E-state index in [4.69, 9.17) is 0 Å². The summed E-state index contributed by atoms with van der Waals surface area (Å²) in [4.78, 5) is 11.3. The highest BCUT2D eigenvalue weighted by molar-refractivity contribution is 8.01. The van der Waals surface area contributed by atoms with E-state index >= 15 is 0 Å². The van der Waals surface area contributed by atoms with Gasteiger partial charge in [0.05, 0.1) is 4.75 Å². The first-order valence-electron chi connectivity index (χ1n) is 4.92. The van der Waals surface area contributed by atoms with Crippen LogP contribution in [0.15, 0.2) is 0 Å². The number of carbonyl (C=O) groups excluding carboxylic acids is 1.